The molecule has 0 spiro atoms. The summed E-state index contributed by atoms with van der Waals surface area (Å²) in [4.78, 5) is 23.5. The Morgan fingerprint density at radius 3 is 2.49 bits per heavy atom. The number of carbonyl (C=O) groups is 1. The number of hydrogen-bond donors (Lipinski definition) is 0. The van der Waals surface area contributed by atoms with E-state index in [1.54, 1.807) is 24.3 Å². The van der Waals surface area contributed by atoms with Crippen molar-refractivity contribution < 1.29 is 14.4 Å². The number of piperidine rings is 2. The Balaban J connectivity index is 1.23. The van der Waals surface area contributed by atoms with Gasteiger partial charge in [0.2, 0.25) is 5.52 Å². The molecular formula is C30H34BrClN4O3. The van der Waals surface area contributed by atoms with E-state index in [4.69, 9.17) is 16.4 Å². The first-order valence-corrected chi connectivity index (χ1v) is 14.8. The Hall–Kier alpha value is -2.68. The summed E-state index contributed by atoms with van der Waals surface area (Å²) < 4.78 is 1.81. The van der Waals surface area contributed by atoms with Gasteiger partial charge in [-0.1, -0.05) is 44.8 Å². The van der Waals surface area contributed by atoms with Gasteiger partial charge >= 0.3 is 0 Å². The molecule has 0 unspecified atom stereocenters. The van der Waals surface area contributed by atoms with Gasteiger partial charge in [-0.05, 0) is 82.4 Å². The molecule has 9 heteroatoms. The van der Waals surface area contributed by atoms with Gasteiger partial charge in [0.1, 0.15) is 6.61 Å². The number of carbonyl (C=O) groups excluding carboxylic acids is 1. The summed E-state index contributed by atoms with van der Waals surface area (Å²) in [6, 6.07) is 15.0. The monoisotopic (exact) mass is 612 g/mol. The van der Waals surface area contributed by atoms with Crippen LogP contribution in [-0.4, -0.2) is 59.7 Å². The Bertz CT molecular complexity index is 1360. The van der Waals surface area contributed by atoms with Crippen LogP contribution in [0.1, 0.15) is 55.5 Å². The largest absolute Gasteiger partial charge is 0.618 e. The van der Waals surface area contributed by atoms with Gasteiger partial charge in [-0.3, -0.25) is 9.69 Å². The van der Waals surface area contributed by atoms with Gasteiger partial charge in [0.25, 0.3) is 5.91 Å². The van der Waals surface area contributed by atoms with Crippen molar-refractivity contribution in [3.05, 3.63) is 80.6 Å². The number of oxime groups is 1. The van der Waals surface area contributed by atoms with Crippen molar-refractivity contribution >= 4 is 50.1 Å². The second-order valence-corrected chi connectivity index (χ2v) is 12.0. The molecule has 5 rings (SSSR count). The first kappa shape index (κ1) is 27.9. The lowest BCUT2D eigenvalue weighted by atomic mass is 9.82. The van der Waals surface area contributed by atoms with Crippen LogP contribution in [0.15, 0.2) is 64.4 Å². The van der Waals surface area contributed by atoms with E-state index in [2.05, 4.69) is 45.0 Å². The molecule has 0 aliphatic carbocycles. The summed E-state index contributed by atoms with van der Waals surface area (Å²) in [5, 5.41) is 17.9. The quantitative estimate of drug-likeness (QED) is 0.147. The molecule has 0 atom stereocenters. The van der Waals surface area contributed by atoms with Gasteiger partial charge in [0.05, 0.1) is 16.7 Å². The molecule has 3 heterocycles. The van der Waals surface area contributed by atoms with Crippen LogP contribution in [0.2, 0.25) is 5.02 Å². The van der Waals surface area contributed by atoms with E-state index in [0.29, 0.717) is 47.1 Å². The van der Waals surface area contributed by atoms with E-state index >= 15 is 0 Å². The summed E-state index contributed by atoms with van der Waals surface area (Å²) in [5.41, 5.74) is 3.15. The number of benzene rings is 2. The summed E-state index contributed by atoms with van der Waals surface area (Å²) in [6.07, 6.45) is 5.26. The maximum absolute atomic E-state index is 13.5. The molecule has 206 valence electrons. The lowest BCUT2D eigenvalue weighted by Gasteiger charge is -2.49. The summed E-state index contributed by atoms with van der Waals surface area (Å²) in [7, 11) is 0. The van der Waals surface area contributed by atoms with E-state index in [1.165, 1.54) is 6.20 Å². The van der Waals surface area contributed by atoms with E-state index in [1.807, 2.05) is 24.0 Å². The highest BCUT2D eigenvalue weighted by Crippen LogP contribution is 2.34. The van der Waals surface area contributed by atoms with Crippen molar-refractivity contribution in [2.45, 2.75) is 45.1 Å². The molecule has 3 aromatic rings. The lowest BCUT2D eigenvalue weighted by molar-refractivity contribution is -0.577. The smallest absolute Gasteiger partial charge is 0.254 e. The fourth-order valence-corrected chi connectivity index (χ4v) is 6.33. The molecule has 7 nitrogen and oxygen atoms in total. The minimum absolute atomic E-state index is 0.0324. The van der Waals surface area contributed by atoms with Crippen molar-refractivity contribution in [2.75, 3.05) is 32.8 Å². The van der Waals surface area contributed by atoms with Gasteiger partial charge in [0, 0.05) is 46.2 Å². The van der Waals surface area contributed by atoms with E-state index in [0.717, 1.165) is 59.3 Å². The van der Waals surface area contributed by atoms with Crippen LogP contribution in [0.5, 0.6) is 0 Å². The Labute approximate surface area is 243 Å². The predicted molar refractivity (Wildman–Crippen MR) is 158 cm³/mol. The number of nitrogens with zero attached hydrogens (tertiary/aromatic N) is 4. The molecule has 0 N–H and O–H groups in total. The third-order valence-corrected chi connectivity index (χ3v) is 9.06. The molecule has 1 amide bonds. The van der Waals surface area contributed by atoms with E-state index in [9.17, 15) is 10.0 Å². The molecule has 1 aromatic heterocycles. The average Bonchev–Trinajstić information content (AvgIpc) is 2.95. The van der Waals surface area contributed by atoms with Gasteiger partial charge in [-0.2, -0.15) is 4.73 Å². The van der Waals surface area contributed by atoms with Crippen molar-refractivity contribution in [1.82, 2.24) is 9.80 Å². The van der Waals surface area contributed by atoms with Gasteiger partial charge in [-0.25, -0.2) is 0 Å². The third-order valence-electron chi connectivity index (χ3n) is 8.30. The number of fused-ring (bicyclic) bond motifs is 1. The summed E-state index contributed by atoms with van der Waals surface area (Å²) in [5.74, 6) is 0.317. The maximum Gasteiger partial charge on any atom is 0.254 e. The molecule has 39 heavy (non-hydrogen) atoms. The SMILES string of the molecule is CCO/N=C(/c1ccc(Br)cc1)C1CCN(C2(C)CCN(C(=O)c3cc[n+]([O-])c4cc(Cl)ccc34)CC2)CC1. The molecule has 0 saturated carbocycles. The van der Waals surface area contributed by atoms with E-state index in [-0.39, 0.29) is 11.4 Å². The molecule has 2 aromatic carbocycles. The van der Waals surface area contributed by atoms with Crippen LogP contribution in [0, 0.1) is 11.1 Å². The Kier molecular flexibility index (Phi) is 8.45. The van der Waals surface area contributed by atoms with Crippen molar-refractivity contribution in [3.8, 4) is 0 Å². The maximum atomic E-state index is 13.5. The van der Waals surface area contributed by atoms with Crippen LogP contribution in [0.3, 0.4) is 0 Å². The first-order valence-electron chi connectivity index (χ1n) is 13.6. The molecule has 2 fully saturated rings. The molecule has 2 aliphatic heterocycles. The highest BCUT2D eigenvalue weighted by molar-refractivity contribution is 9.10. The highest BCUT2D eigenvalue weighted by Gasteiger charge is 2.39. The topological polar surface area (TPSA) is 72.1 Å². The normalized spacial score (nSPS) is 18.9. The van der Waals surface area contributed by atoms with Gasteiger partial charge < -0.3 is 14.9 Å². The van der Waals surface area contributed by atoms with Crippen LogP contribution >= 0.6 is 27.5 Å². The summed E-state index contributed by atoms with van der Waals surface area (Å²) in [6.45, 7) is 8.20. The fraction of sp³-hybridized carbons (Fsp3) is 0.433. The second kappa shape index (κ2) is 11.8. The zero-order chi connectivity index (χ0) is 27.6. The number of halogens is 2. The zero-order valence-corrected chi connectivity index (χ0v) is 24.7. The lowest BCUT2D eigenvalue weighted by Crippen LogP contribution is -2.56. The molecule has 0 bridgehead atoms. The fourth-order valence-electron chi connectivity index (χ4n) is 5.90. The Morgan fingerprint density at radius 2 is 1.82 bits per heavy atom. The summed E-state index contributed by atoms with van der Waals surface area (Å²) >= 11 is 9.62. The molecule has 0 radical (unpaired) electrons. The van der Waals surface area contributed by atoms with Gasteiger partial charge in [0.15, 0.2) is 6.20 Å². The third kappa shape index (κ3) is 5.93. The number of rotatable bonds is 6. The zero-order valence-electron chi connectivity index (χ0n) is 22.4. The van der Waals surface area contributed by atoms with Crippen molar-refractivity contribution in [2.24, 2.45) is 11.1 Å². The number of likely N-dealkylation sites (tertiary alicyclic amines) is 2. The minimum Gasteiger partial charge on any atom is -0.618 e. The number of aromatic nitrogens is 1. The first-order chi connectivity index (χ1) is 18.8. The van der Waals surface area contributed by atoms with E-state index < -0.39 is 0 Å². The van der Waals surface area contributed by atoms with Gasteiger partial charge in [-0.15, -0.1) is 0 Å². The molecule has 2 aliphatic rings. The molecular weight excluding hydrogens is 580 g/mol. The average molecular weight is 614 g/mol. The highest BCUT2D eigenvalue weighted by atomic mass is 79.9. The van der Waals surface area contributed by atoms with Crippen LogP contribution in [0.4, 0.5) is 0 Å². The van der Waals surface area contributed by atoms with Crippen LogP contribution in [0.25, 0.3) is 10.9 Å². The molecule has 2 saturated heterocycles. The number of hydrogen-bond acceptors (Lipinski definition) is 5. The minimum atomic E-state index is -0.0324. The van der Waals surface area contributed by atoms with Crippen molar-refractivity contribution in [1.29, 1.82) is 0 Å². The standard InChI is InChI=1S/C30H34BrClN4O3/c1-3-39-33-28(21-4-6-23(31)7-5-21)22-10-15-35(16-11-22)30(2)13-18-34(19-14-30)29(37)26-12-17-36(38)27-20-24(32)8-9-25(26)27/h4-9,12,17,20,22H,3,10-11,13-16,18-19H2,1-2H3/b33-28-. The van der Waals surface area contributed by atoms with Crippen LogP contribution < -0.4 is 4.73 Å². The number of pyridine rings is 1. The van der Waals surface area contributed by atoms with Crippen molar-refractivity contribution in [3.63, 3.8) is 0 Å². The second-order valence-electron chi connectivity index (χ2n) is 10.7. The predicted octanol–water partition coefficient (Wildman–Crippen LogP) is 6.04. The Morgan fingerprint density at radius 1 is 1.13 bits per heavy atom. The van der Waals surface area contributed by atoms with Crippen LogP contribution in [-0.2, 0) is 4.84 Å². The number of amides is 1.